The number of azo groups is 1. The first-order valence-corrected chi connectivity index (χ1v) is 15.9. The van der Waals surface area contributed by atoms with Crippen LogP contribution in [0, 0.1) is 66.7 Å². The number of nitrogens with zero attached hydrogens (tertiary/aromatic N) is 8. The molecule has 46 heavy (non-hydrogen) atoms. The Morgan fingerprint density at radius 2 is 1.33 bits per heavy atom. The third-order valence-electron chi connectivity index (χ3n) is 7.66. The predicted octanol–water partition coefficient (Wildman–Crippen LogP) is 9.66. The summed E-state index contributed by atoms with van der Waals surface area (Å²) in [6.07, 6.45) is 0. The van der Waals surface area contributed by atoms with Crippen molar-refractivity contribution in [2.24, 2.45) is 10.2 Å². The van der Waals surface area contributed by atoms with Gasteiger partial charge in [-0.25, -0.2) is 9.97 Å². The summed E-state index contributed by atoms with van der Waals surface area (Å²) in [4.78, 5) is 9.55. The number of rotatable bonds is 7. The molecule has 10 nitrogen and oxygen atoms in total. The third kappa shape index (κ3) is 6.53. The van der Waals surface area contributed by atoms with Crippen molar-refractivity contribution in [3.8, 4) is 11.2 Å². The minimum absolute atomic E-state index is 0.296. The first-order chi connectivity index (χ1) is 21.7. The molecule has 0 radical (unpaired) electrons. The Hall–Kier alpha value is -4.95. The smallest absolute Gasteiger partial charge is 0.232 e. The molecule has 11 heteroatoms. The van der Waals surface area contributed by atoms with Gasteiger partial charge in [0.25, 0.3) is 0 Å². The van der Waals surface area contributed by atoms with Crippen LogP contribution < -0.4 is 10.6 Å². The maximum atomic E-state index is 10.3. The second-order valence-corrected chi connectivity index (χ2v) is 13.7. The third-order valence-corrected chi connectivity index (χ3v) is 8.44. The Balaban J connectivity index is 1.68. The molecule has 0 spiro atoms. The highest BCUT2D eigenvalue weighted by Gasteiger charge is 2.29. The molecular weight excluding hydrogens is 593 g/mol. The highest BCUT2D eigenvalue weighted by atomic mass is 32.1. The molecular formula is C35H40N10S. The average molecular weight is 633 g/mol. The second kappa shape index (κ2) is 12.4. The Morgan fingerprint density at radius 1 is 0.761 bits per heavy atom. The molecule has 0 saturated carbocycles. The fourth-order valence-electron chi connectivity index (χ4n) is 5.68. The van der Waals surface area contributed by atoms with Gasteiger partial charge in [-0.05, 0) is 89.3 Å². The molecule has 2 N–H and O–H groups in total. The molecule has 0 aliphatic heterocycles. The molecule has 0 fully saturated rings. The number of aromatic nitrogens is 5. The van der Waals surface area contributed by atoms with Gasteiger partial charge in [0.15, 0.2) is 11.6 Å². The lowest BCUT2D eigenvalue weighted by Crippen LogP contribution is -2.14. The van der Waals surface area contributed by atoms with Crippen LogP contribution in [0.1, 0.15) is 76.8 Å². The first-order valence-electron chi connectivity index (χ1n) is 15.1. The van der Waals surface area contributed by atoms with E-state index in [1.807, 2.05) is 40.7 Å². The highest BCUT2D eigenvalue weighted by molar-refractivity contribution is 7.08. The molecule has 5 aromatic rings. The zero-order valence-corrected chi connectivity index (χ0v) is 29.2. The van der Waals surface area contributed by atoms with Gasteiger partial charge < -0.3 is 10.6 Å². The number of pyridine rings is 1. The molecule has 0 aliphatic rings. The molecule has 3 aromatic heterocycles. The number of benzene rings is 2. The van der Waals surface area contributed by atoms with Crippen LogP contribution in [0.15, 0.2) is 40.6 Å². The van der Waals surface area contributed by atoms with Crippen molar-refractivity contribution < 1.29 is 0 Å². The minimum atomic E-state index is -0.412. The topological polar surface area (TPSA) is 129 Å². The van der Waals surface area contributed by atoms with Crippen molar-refractivity contribution in [1.82, 2.24) is 24.1 Å². The largest absolute Gasteiger partial charge is 0.340 e. The van der Waals surface area contributed by atoms with E-state index >= 15 is 0 Å². The summed E-state index contributed by atoms with van der Waals surface area (Å²) in [5, 5.41) is 32.1. The molecule has 0 aliphatic carbocycles. The van der Waals surface area contributed by atoms with Gasteiger partial charge in [0, 0.05) is 28.3 Å². The van der Waals surface area contributed by atoms with Crippen molar-refractivity contribution in [3.63, 3.8) is 0 Å². The van der Waals surface area contributed by atoms with Crippen molar-refractivity contribution >= 4 is 46.0 Å². The zero-order chi connectivity index (χ0) is 33.5. The lowest BCUT2D eigenvalue weighted by molar-refractivity contribution is 0.559. The van der Waals surface area contributed by atoms with Crippen LogP contribution in [0.3, 0.4) is 0 Å². The van der Waals surface area contributed by atoms with Crippen molar-refractivity contribution in [2.45, 2.75) is 81.6 Å². The van der Waals surface area contributed by atoms with Gasteiger partial charge in [-0.15, -0.1) is 10.2 Å². The quantitative estimate of drug-likeness (QED) is 0.171. The maximum Gasteiger partial charge on any atom is 0.232 e. The lowest BCUT2D eigenvalue weighted by Gasteiger charge is -2.18. The van der Waals surface area contributed by atoms with Crippen LogP contribution in [0.4, 0.5) is 34.5 Å². The molecule has 5 rings (SSSR count). The summed E-state index contributed by atoms with van der Waals surface area (Å²) < 4.78 is 5.89. The van der Waals surface area contributed by atoms with E-state index in [-0.39, 0.29) is 0 Å². The summed E-state index contributed by atoms with van der Waals surface area (Å²) in [7, 11) is 0. The Kier molecular flexibility index (Phi) is 8.78. The number of anilines is 4. The fourth-order valence-corrected chi connectivity index (χ4v) is 6.31. The van der Waals surface area contributed by atoms with Crippen molar-refractivity contribution in [2.75, 3.05) is 10.6 Å². The molecule has 3 heterocycles. The number of nitriles is 1. The van der Waals surface area contributed by atoms with Crippen LogP contribution in [-0.4, -0.2) is 24.1 Å². The van der Waals surface area contributed by atoms with Gasteiger partial charge in [0.05, 0.1) is 5.69 Å². The van der Waals surface area contributed by atoms with Gasteiger partial charge in [-0.3, -0.25) is 0 Å². The molecule has 0 amide bonds. The zero-order valence-electron chi connectivity index (χ0n) is 28.4. The van der Waals surface area contributed by atoms with Crippen LogP contribution in [0.2, 0.25) is 0 Å². The van der Waals surface area contributed by atoms with E-state index in [9.17, 15) is 5.26 Å². The number of nitrogens with one attached hydrogen (secondary N) is 2. The van der Waals surface area contributed by atoms with E-state index in [0.29, 0.717) is 45.4 Å². The van der Waals surface area contributed by atoms with Gasteiger partial charge in [0.2, 0.25) is 5.13 Å². The number of hydrogen-bond acceptors (Lipinski definition) is 10. The highest BCUT2D eigenvalue weighted by Crippen LogP contribution is 2.39. The van der Waals surface area contributed by atoms with Crippen LogP contribution in [-0.2, 0) is 5.41 Å². The average Bonchev–Trinajstić information content (AvgIpc) is 3.55. The Bertz CT molecular complexity index is 1990. The Labute approximate surface area is 274 Å². The minimum Gasteiger partial charge on any atom is -0.340 e. The monoisotopic (exact) mass is 632 g/mol. The Morgan fingerprint density at radius 3 is 1.83 bits per heavy atom. The van der Waals surface area contributed by atoms with Crippen molar-refractivity contribution in [3.05, 3.63) is 86.4 Å². The first kappa shape index (κ1) is 32.4. The summed E-state index contributed by atoms with van der Waals surface area (Å²) in [6, 6.07) is 12.9. The molecule has 0 saturated heterocycles. The van der Waals surface area contributed by atoms with Crippen molar-refractivity contribution in [1.29, 1.82) is 5.26 Å². The van der Waals surface area contributed by atoms with Gasteiger partial charge >= 0.3 is 0 Å². The van der Waals surface area contributed by atoms with Gasteiger partial charge in [-0.2, -0.15) is 19.4 Å². The summed E-state index contributed by atoms with van der Waals surface area (Å²) in [5.41, 5.74) is 10.8. The summed E-state index contributed by atoms with van der Waals surface area (Å²) >= 11 is 1.20. The SMILES string of the molecule is Cc1cc(C)c(Nc2cc(C)c(N=Nc3c(C#N)c(C(C)(C)C)nn3-c3nc(C)ns3)c(Nc3c(C)cc(C)cc3C)n2)c(C)c1. The van der Waals surface area contributed by atoms with E-state index in [1.54, 1.807) is 4.68 Å². The number of aryl methyl sites for hydroxylation is 8. The van der Waals surface area contributed by atoms with E-state index in [2.05, 4.69) is 97.0 Å². The summed E-state index contributed by atoms with van der Waals surface area (Å²) in [5.74, 6) is 2.13. The van der Waals surface area contributed by atoms with E-state index in [1.165, 1.54) is 22.7 Å². The molecule has 236 valence electrons. The maximum absolute atomic E-state index is 10.3. The molecule has 0 unspecified atom stereocenters. The fraction of sp³-hybridized carbons (Fsp3) is 0.343. The predicted molar refractivity (Wildman–Crippen MR) is 186 cm³/mol. The molecule has 0 atom stereocenters. The van der Waals surface area contributed by atoms with E-state index < -0.39 is 5.41 Å². The normalized spacial score (nSPS) is 11.7. The van der Waals surface area contributed by atoms with E-state index in [4.69, 9.17) is 15.2 Å². The van der Waals surface area contributed by atoms with Crippen LogP contribution in [0.25, 0.3) is 5.13 Å². The van der Waals surface area contributed by atoms with E-state index in [0.717, 1.165) is 39.2 Å². The lowest BCUT2D eigenvalue weighted by atomic mass is 9.90. The standard InChI is InChI=1S/C35H40N10S/c1-18-12-20(3)28(21(4)13-18)38-27-16-24(7)30(32(39-27)40-29-22(5)14-19(2)15-23(29)6)41-42-33-26(17-36)31(35(9,10)11)43-45(33)34-37-25(8)44-46-34/h12-16H,1-11H3,(H2,38,39,40). The van der Waals surface area contributed by atoms with Gasteiger partial charge in [0.1, 0.15) is 29.0 Å². The summed E-state index contributed by atoms with van der Waals surface area (Å²) in [6.45, 7) is 22.4. The number of hydrogen-bond donors (Lipinski definition) is 2. The van der Waals surface area contributed by atoms with Crippen LogP contribution >= 0.6 is 11.5 Å². The molecule has 2 aromatic carbocycles. The molecule has 0 bridgehead atoms. The van der Waals surface area contributed by atoms with Crippen LogP contribution in [0.5, 0.6) is 0 Å². The second-order valence-electron chi connectivity index (χ2n) is 13.0. The van der Waals surface area contributed by atoms with Gasteiger partial charge in [-0.1, -0.05) is 56.2 Å².